The average Bonchev–Trinajstić information content (AvgIpc) is 3.21. The van der Waals surface area contributed by atoms with Gasteiger partial charge < -0.3 is 9.88 Å². The van der Waals surface area contributed by atoms with E-state index in [0.717, 1.165) is 47.9 Å². The number of aromatic nitrogens is 2. The summed E-state index contributed by atoms with van der Waals surface area (Å²) >= 11 is 0. The van der Waals surface area contributed by atoms with Crippen LogP contribution in [-0.2, 0) is 21.0 Å². The van der Waals surface area contributed by atoms with Crippen LogP contribution in [0.2, 0.25) is 0 Å². The van der Waals surface area contributed by atoms with E-state index in [1.54, 1.807) is 4.90 Å². The molecule has 4 rings (SSSR count). The van der Waals surface area contributed by atoms with E-state index < -0.39 is 39.1 Å². The molecule has 32 heavy (non-hydrogen) atoms. The number of alkyl halides is 3. The van der Waals surface area contributed by atoms with Gasteiger partial charge in [-0.15, -0.1) is 0 Å². The van der Waals surface area contributed by atoms with Gasteiger partial charge in [0.1, 0.15) is 5.82 Å². The summed E-state index contributed by atoms with van der Waals surface area (Å²) < 4.78 is 65.6. The molecule has 0 aliphatic carbocycles. The first-order valence-electron chi connectivity index (χ1n) is 10.0. The zero-order valence-electron chi connectivity index (χ0n) is 16.9. The highest BCUT2D eigenvalue weighted by molar-refractivity contribution is 7.89. The summed E-state index contributed by atoms with van der Waals surface area (Å²) in [5, 5.41) is 0. The molecule has 3 aromatic rings. The third kappa shape index (κ3) is 4.78. The minimum Gasteiger partial charge on any atom is -0.342 e. The van der Waals surface area contributed by atoms with Crippen LogP contribution in [0.4, 0.5) is 13.2 Å². The Morgan fingerprint density at radius 1 is 1.19 bits per heavy atom. The quantitative estimate of drug-likeness (QED) is 0.604. The number of amides is 1. The van der Waals surface area contributed by atoms with Crippen LogP contribution in [0.1, 0.15) is 30.1 Å². The summed E-state index contributed by atoms with van der Waals surface area (Å²) in [6.45, 7) is 0.316. The monoisotopic (exact) mass is 466 g/mol. The number of fused-ring (bicyclic) bond motifs is 1. The molecule has 7 nitrogen and oxygen atoms in total. The largest absolute Gasteiger partial charge is 0.416 e. The number of H-pyrrole nitrogens is 1. The Labute approximate surface area is 182 Å². The number of aromatic amines is 1. The highest BCUT2D eigenvalue weighted by Crippen LogP contribution is 2.30. The molecule has 0 saturated carbocycles. The minimum absolute atomic E-state index is 0.0137. The number of piperidine rings is 1. The maximum Gasteiger partial charge on any atom is 0.416 e. The lowest BCUT2D eigenvalue weighted by Gasteiger charge is -2.32. The molecule has 2 N–H and O–H groups in total. The first-order chi connectivity index (χ1) is 15.1. The first kappa shape index (κ1) is 22.3. The van der Waals surface area contributed by atoms with Gasteiger partial charge in [-0.05, 0) is 43.2 Å². The Balaban J connectivity index is 1.41. The molecule has 1 fully saturated rings. The molecule has 170 valence electrons. The van der Waals surface area contributed by atoms with Crippen LogP contribution in [0.25, 0.3) is 11.0 Å². The third-order valence-corrected chi connectivity index (χ3v) is 6.85. The molecule has 1 aliphatic rings. The SMILES string of the molecule is O=C(CNS(=O)(=O)c1cccc(C(F)(F)F)c1)N1CCCC(c2nc3ccccc3[nH]2)C1. The molecule has 1 atom stereocenters. The van der Waals surface area contributed by atoms with Crippen molar-refractivity contribution >= 4 is 27.0 Å². The van der Waals surface area contributed by atoms with Crippen molar-refractivity contribution in [1.29, 1.82) is 0 Å². The maximum atomic E-state index is 12.9. The van der Waals surface area contributed by atoms with Gasteiger partial charge in [-0.25, -0.2) is 18.1 Å². The molecule has 2 heterocycles. The van der Waals surface area contributed by atoms with Crippen LogP contribution >= 0.6 is 0 Å². The van der Waals surface area contributed by atoms with E-state index in [4.69, 9.17) is 0 Å². The smallest absolute Gasteiger partial charge is 0.342 e. The minimum atomic E-state index is -4.67. The molecule has 11 heteroatoms. The molecular formula is C21H21F3N4O3S. The summed E-state index contributed by atoms with van der Waals surface area (Å²) in [6, 6.07) is 11.0. The molecule has 1 aliphatic heterocycles. The number of benzene rings is 2. The van der Waals surface area contributed by atoms with Crippen LogP contribution < -0.4 is 4.72 Å². The van der Waals surface area contributed by atoms with Crippen molar-refractivity contribution in [3.05, 3.63) is 59.9 Å². The number of hydrogen-bond acceptors (Lipinski definition) is 4. The van der Waals surface area contributed by atoms with Gasteiger partial charge in [0.05, 0.1) is 28.0 Å². The van der Waals surface area contributed by atoms with E-state index in [-0.39, 0.29) is 5.92 Å². The van der Waals surface area contributed by atoms with E-state index in [9.17, 15) is 26.4 Å². The number of nitrogens with one attached hydrogen (secondary N) is 2. The van der Waals surface area contributed by atoms with Crippen LogP contribution in [0.15, 0.2) is 53.4 Å². The number of likely N-dealkylation sites (tertiary alicyclic amines) is 1. The molecule has 2 aromatic carbocycles. The lowest BCUT2D eigenvalue weighted by molar-refractivity contribution is -0.137. The van der Waals surface area contributed by atoms with E-state index in [1.165, 1.54) is 0 Å². The Bertz CT molecular complexity index is 1210. The van der Waals surface area contributed by atoms with Gasteiger partial charge in [0.2, 0.25) is 15.9 Å². The molecule has 1 unspecified atom stereocenters. The number of carbonyl (C=O) groups excluding carboxylic acids is 1. The van der Waals surface area contributed by atoms with E-state index in [1.807, 2.05) is 24.3 Å². The highest BCUT2D eigenvalue weighted by atomic mass is 32.2. The second kappa shape index (κ2) is 8.55. The number of sulfonamides is 1. The number of nitrogens with zero attached hydrogens (tertiary/aromatic N) is 2. The van der Waals surface area contributed by atoms with E-state index >= 15 is 0 Å². The predicted octanol–water partition coefficient (Wildman–Crippen LogP) is 3.27. The van der Waals surface area contributed by atoms with Gasteiger partial charge in [0.15, 0.2) is 0 Å². The van der Waals surface area contributed by atoms with Crippen LogP contribution in [-0.4, -0.2) is 48.8 Å². The predicted molar refractivity (Wildman–Crippen MR) is 111 cm³/mol. The average molecular weight is 466 g/mol. The van der Waals surface area contributed by atoms with Gasteiger partial charge in [0.25, 0.3) is 0 Å². The fourth-order valence-corrected chi connectivity index (χ4v) is 4.80. The van der Waals surface area contributed by atoms with Gasteiger partial charge in [-0.2, -0.15) is 13.2 Å². The fourth-order valence-electron chi connectivity index (χ4n) is 3.78. The Morgan fingerprint density at radius 2 is 1.97 bits per heavy atom. The summed E-state index contributed by atoms with van der Waals surface area (Å²) in [4.78, 5) is 21.5. The van der Waals surface area contributed by atoms with Gasteiger partial charge >= 0.3 is 6.18 Å². The molecule has 1 aromatic heterocycles. The number of halogens is 3. The van der Waals surface area contributed by atoms with Crippen LogP contribution in [0, 0.1) is 0 Å². The Kier molecular flexibility index (Phi) is 5.95. The van der Waals surface area contributed by atoms with Crippen molar-refractivity contribution in [3.63, 3.8) is 0 Å². The van der Waals surface area contributed by atoms with Crippen molar-refractivity contribution in [2.75, 3.05) is 19.6 Å². The van der Waals surface area contributed by atoms with Crippen LogP contribution in [0.5, 0.6) is 0 Å². The fraction of sp³-hybridized carbons (Fsp3) is 0.333. The molecule has 0 radical (unpaired) electrons. The topological polar surface area (TPSA) is 95.2 Å². The number of carbonyl (C=O) groups is 1. The molecule has 1 amide bonds. The normalized spacial score (nSPS) is 17.6. The van der Waals surface area contributed by atoms with Crippen molar-refractivity contribution < 1.29 is 26.4 Å². The molecule has 0 bridgehead atoms. The standard InChI is InChI=1S/C21H21F3N4O3S/c22-21(23,24)15-6-3-7-16(11-15)32(30,31)25-12-19(29)28-10-4-5-14(13-28)20-26-17-8-1-2-9-18(17)27-20/h1-3,6-9,11,14,25H,4-5,10,12-13H2,(H,26,27). The van der Waals surface area contributed by atoms with Crippen molar-refractivity contribution in [2.24, 2.45) is 0 Å². The van der Waals surface area contributed by atoms with Crippen LogP contribution in [0.3, 0.4) is 0 Å². The number of para-hydroxylation sites is 2. The molecular weight excluding hydrogens is 445 g/mol. The second-order valence-corrected chi connectivity index (χ2v) is 9.44. The van der Waals surface area contributed by atoms with Crippen molar-refractivity contribution in [2.45, 2.75) is 29.8 Å². The van der Waals surface area contributed by atoms with E-state index in [0.29, 0.717) is 19.2 Å². The summed E-state index contributed by atoms with van der Waals surface area (Å²) in [7, 11) is -4.28. The molecule has 1 saturated heterocycles. The summed E-state index contributed by atoms with van der Waals surface area (Å²) in [6.07, 6.45) is -3.10. The van der Waals surface area contributed by atoms with Gasteiger partial charge in [-0.3, -0.25) is 4.79 Å². The Morgan fingerprint density at radius 3 is 2.72 bits per heavy atom. The van der Waals surface area contributed by atoms with Gasteiger partial charge in [-0.1, -0.05) is 18.2 Å². The number of imidazole rings is 1. The maximum absolute atomic E-state index is 12.9. The van der Waals surface area contributed by atoms with Gasteiger partial charge in [0, 0.05) is 19.0 Å². The Hall–Kier alpha value is -2.92. The molecule has 0 spiro atoms. The second-order valence-electron chi connectivity index (χ2n) is 7.67. The highest BCUT2D eigenvalue weighted by Gasteiger charge is 2.32. The summed E-state index contributed by atoms with van der Waals surface area (Å²) in [5.41, 5.74) is 0.663. The number of hydrogen-bond donors (Lipinski definition) is 2. The van der Waals surface area contributed by atoms with E-state index in [2.05, 4.69) is 14.7 Å². The van der Waals surface area contributed by atoms with Crippen molar-refractivity contribution in [3.8, 4) is 0 Å². The first-order valence-corrected chi connectivity index (χ1v) is 11.5. The third-order valence-electron chi connectivity index (χ3n) is 5.45. The lowest BCUT2D eigenvalue weighted by Crippen LogP contribution is -2.44. The zero-order chi connectivity index (χ0) is 22.9. The number of rotatable bonds is 5. The van der Waals surface area contributed by atoms with Crippen molar-refractivity contribution in [1.82, 2.24) is 19.6 Å². The lowest BCUT2D eigenvalue weighted by atomic mass is 9.97. The zero-order valence-corrected chi connectivity index (χ0v) is 17.7. The summed E-state index contributed by atoms with van der Waals surface area (Å²) in [5.74, 6) is 0.315.